The van der Waals surface area contributed by atoms with E-state index in [1.165, 1.54) is 5.01 Å². The van der Waals surface area contributed by atoms with E-state index in [1.807, 2.05) is 29.6 Å². The van der Waals surface area contributed by atoms with E-state index in [-0.39, 0.29) is 12.5 Å². The molecule has 1 aromatic carbocycles. The summed E-state index contributed by atoms with van der Waals surface area (Å²) >= 11 is 1.55. The SMILES string of the molecule is COc1ccc(C2CC(c3cccs3)=NN2C(=O)CN2C(=O)NC3(CCCC3)C2=O)cc1OC. The number of urea groups is 1. The predicted octanol–water partition coefficient (Wildman–Crippen LogP) is 3.31. The fourth-order valence-electron chi connectivity index (χ4n) is 5.00. The van der Waals surface area contributed by atoms with Gasteiger partial charge in [-0.05, 0) is 42.0 Å². The molecule has 10 heteroatoms. The number of thiophene rings is 1. The third-order valence-corrected chi connectivity index (χ3v) is 7.68. The maximum absolute atomic E-state index is 13.5. The topological polar surface area (TPSA) is 101 Å². The fourth-order valence-corrected chi connectivity index (χ4v) is 5.72. The highest BCUT2D eigenvalue weighted by Gasteiger charge is 2.53. The van der Waals surface area contributed by atoms with Crippen molar-refractivity contribution >= 4 is 34.9 Å². The number of imide groups is 1. The molecule has 1 unspecified atom stereocenters. The quantitative estimate of drug-likeness (QED) is 0.637. The average molecular weight is 483 g/mol. The van der Waals surface area contributed by atoms with Crippen molar-refractivity contribution in [1.29, 1.82) is 0 Å². The Labute approximate surface area is 201 Å². The number of rotatable bonds is 6. The zero-order chi connectivity index (χ0) is 23.9. The van der Waals surface area contributed by atoms with E-state index < -0.39 is 23.5 Å². The van der Waals surface area contributed by atoms with Crippen LogP contribution in [0.15, 0.2) is 40.8 Å². The number of carbonyl (C=O) groups is 3. The van der Waals surface area contributed by atoms with Gasteiger partial charge in [-0.1, -0.05) is 25.0 Å². The molecule has 2 aliphatic heterocycles. The second-order valence-electron chi connectivity index (χ2n) is 8.71. The molecule has 9 nitrogen and oxygen atoms in total. The summed E-state index contributed by atoms with van der Waals surface area (Å²) in [5.41, 5.74) is 0.759. The maximum Gasteiger partial charge on any atom is 0.325 e. The summed E-state index contributed by atoms with van der Waals surface area (Å²) in [6, 6.07) is 8.49. The molecule has 34 heavy (non-hydrogen) atoms. The van der Waals surface area contributed by atoms with Crippen LogP contribution in [0.4, 0.5) is 4.79 Å². The van der Waals surface area contributed by atoms with Gasteiger partial charge in [0.15, 0.2) is 11.5 Å². The lowest BCUT2D eigenvalue weighted by molar-refractivity contribution is -0.140. The van der Waals surface area contributed by atoms with Gasteiger partial charge in [-0.3, -0.25) is 14.5 Å². The van der Waals surface area contributed by atoms with Gasteiger partial charge in [0, 0.05) is 6.42 Å². The molecule has 2 aromatic rings. The molecule has 1 aromatic heterocycles. The lowest BCUT2D eigenvalue weighted by atomic mass is 9.98. The Morgan fingerprint density at radius 2 is 1.94 bits per heavy atom. The third-order valence-electron chi connectivity index (χ3n) is 6.76. The molecule has 0 bridgehead atoms. The summed E-state index contributed by atoms with van der Waals surface area (Å²) in [5.74, 6) is 0.412. The number of ether oxygens (including phenoxy) is 2. The smallest absolute Gasteiger partial charge is 0.325 e. The monoisotopic (exact) mass is 482 g/mol. The number of carbonyl (C=O) groups excluding carboxylic acids is 3. The van der Waals surface area contributed by atoms with E-state index in [0.717, 1.165) is 33.9 Å². The van der Waals surface area contributed by atoms with Crippen LogP contribution in [0.3, 0.4) is 0 Å². The van der Waals surface area contributed by atoms with Crippen molar-refractivity contribution in [3.05, 3.63) is 46.2 Å². The number of hydrogen-bond acceptors (Lipinski definition) is 7. The van der Waals surface area contributed by atoms with Crippen LogP contribution < -0.4 is 14.8 Å². The third kappa shape index (κ3) is 3.71. The highest BCUT2D eigenvalue weighted by atomic mass is 32.1. The van der Waals surface area contributed by atoms with Gasteiger partial charge in [0.05, 0.1) is 30.9 Å². The van der Waals surface area contributed by atoms with Crippen molar-refractivity contribution in [3.8, 4) is 11.5 Å². The van der Waals surface area contributed by atoms with Gasteiger partial charge < -0.3 is 14.8 Å². The summed E-state index contributed by atoms with van der Waals surface area (Å²) < 4.78 is 10.8. The summed E-state index contributed by atoms with van der Waals surface area (Å²) in [6.45, 7) is -0.350. The van der Waals surface area contributed by atoms with E-state index in [1.54, 1.807) is 31.6 Å². The lowest BCUT2D eigenvalue weighted by Gasteiger charge is -2.25. The van der Waals surface area contributed by atoms with Crippen LogP contribution in [0.2, 0.25) is 0 Å². The fraction of sp³-hybridized carbons (Fsp3) is 0.417. The minimum atomic E-state index is -0.851. The van der Waals surface area contributed by atoms with Gasteiger partial charge >= 0.3 is 6.03 Å². The molecular formula is C24H26N4O5S. The highest BCUT2D eigenvalue weighted by Crippen LogP contribution is 2.39. The van der Waals surface area contributed by atoms with E-state index >= 15 is 0 Å². The number of amides is 4. The minimum Gasteiger partial charge on any atom is -0.493 e. The van der Waals surface area contributed by atoms with E-state index in [9.17, 15) is 14.4 Å². The first-order chi connectivity index (χ1) is 16.5. The lowest BCUT2D eigenvalue weighted by Crippen LogP contribution is -2.45. The standard InChI is InChI=1S/C24H26N4O5S/c1-32-18-8-7-15(12-19(18)33-2)17-13-16(20-6-5-11-34-20)26-28(17)21(29)14-27-22(30)24(25-23(27)31)9-3-4-10-24/h5-8,11-12,17H,3-4,9-10,13-14H2,1-2H3,(H,25,31). The molecule has 1 N–H and O–H groups in total. The van der Waals surface area contributed by atoms with Crippen molar-refractivity contribution in [2.45, 2.75) is 43.7 Å². The first-order valence-corrected chi connectivity index (χ1v) is 12.1. The van der Waals surface area contributed by atoms with Crippen molar-refractivity contribution < 1.29 is 23.9 Å². The Bertz CT molecular complexity index is 1160. The average Bonchev–Trinajstić information content (AvgIpc) is 3.64. The van der Waals surface area contributed by atoms with Crippen LogP contribution in [0.5, 0.6) is 11.5 Å². The zero-order valence-electron chi connectivity index (χ0n) is 19.1. The number of methoxy groups -OCH3 is 2. The van der Waals surface area contributed by atoms with Gasteiger partial charge in [0.1, 0.15) is 12.1 Å². The Balaban J connectivity index is 1.43. The van der Waals surface area contributed by atoms with Gasteiger partial charge in [0.25, 0.3) is 11.8 Å². The van der Waals surface area contributed by atoms with Crippen molar-refractivity contribution in [2.75, 3.05) is 20.8 Å². The van der Waals surface area contributed by atoms with Gasteiger partial charge in [0.2, 0.25) is 0 Å². The normalized spacial score (nSPS) is 21.2. The number of nitrogens with zero attached hydrogens (tertiary/aromatic N) is 3. The van der Waals surface area contributed by atoms with Crippen LogP contribution in [0, 0.1) is 0 Å². The number of benzene rings is 1. The first kappa shape index (κ1) is 22.4. The summed E-state index contributed by atoms with van der Waals surface area (Å²) in [7, 11) is 3.12. The molecular weight excluding hydrogens is 456 g/mol. The van der Waals surface area contributed by atoms with Gasteiger partial charge in [-0.2, -0.15) is 5.10 Å². The molecule has 178 valence electrons. The molecule has 2 fully saturated rings. The van der Waals surface area contributed by atoms with Crippen LogP contribution >= 0.6 is 11.3 Å². The summed E-state index contributed by atoms with van der Waals surface area (Å²) in [6.07, 6.45) is 3.50. The van der Waals surface area contributed by atoms with Crippen LogP contribution in [-0.4, -0.2) is 59.8 Å². The van der Waals surface area contributed by atoms with E-state index in [2.05, 4.69) is 10.4 Å². The zero-order valence-corrected chi connectivity index (χ0v) is 19.9. The van der Waals surface area contributed by atoms with Crippen molar-refractivity contribution in [3.63, 3.8) is 0 Å². The molecule has 1 aliphatic carbocycles. The van der Waals surface area contributed by atoms with Crippen LogP contribution in [0.1, 0.15) is 48.6 Å². The minimum absolute atomic E-state index is 0.312. The van der Waals surface area contributed by atoms with Gasteiger partial charge in [-0.15, -0.1) is 11.3 Å². The van der Waals surface area contributed by atoms with Crippen LogP contribution in [0.25, 0.3) is 0 Å². The molecule has 0 radical (unpaired) electrons. The molecule has 4 amide bonds. The molecule has 3 aliphatic rings. The number of hydrogen-bond donors (Lipinski definition) is 1. The molecule has 1 saturated heterocycles. The Morgan fingerprint density at radius 1 is 1.18 bits per heavy atom. The Hall–Kier alpha value is -3.40. The predicted molar refractivity (Wildman–Crippen MR) is 126 cm³/mol. The highest BCUT2D eigenvalue weighted by molar-refractivity contribution is 7.12. The van der Waals surface area contributed by atoms with E-state index in [0.29, 0.717) is 30.8 Å². The van der Waals surface area contributed by atoms with Gasteiger partial charge in [-0.25, -0.2) is 9.80 Å². The largest absolute Gasteiger partial charge is 0.493 e. The first-order valence-electron chi connectivity index (χ1n) is 11.3. The molecule has 3 heterocycles. The second kappa shape index (κ2) is 8.75. The number of nitrogens with one attached hydrogen (secondary N) is 1. The number of hydrazone groups is 1. The summed E-state index contributed by atoms with van der Waals surface area (Å²) in [4.78, 5) is 41.1. The second-order valence-corrected chi connectivity index (χ2v) is 9.66. The molecule has 5 rings (SSSR count). The maximum atomic E-state index is 13.5. The van der Waals surface area contributed by atoms with E-state index in [4.69, 9.17) is 9.47 Å². The Kier molecular flexibility index (Phi) is 5.76. The van der Waals surface area contributed by atoms with Crippen LogP contribution in [-0.2, 0) is 9.59 Å². The van der Waals surface area contributed by atoms with Crippen molar-refractivity contribution in [2.24, 2.45) is 5.10 Å². The van der Waals surface area contributed by atoms with Crippen molar-refractivity contribution in [1.82, 2.24) is 15.2 Å². The molecule has 1 saturated carbocycles. The Morgan fingerprint density at radius 3 is 2.62 bits per heavy atom. The summed E-state index contributed by atoms with van der Waals surface area (Å²) in [5, 5.41) is 10.8. The molecule has 1 atom stereocenters. The molecule has 1 spiro atoms.